The van der Waals surface area contributed by atoms with Crippen molar-refractivity contribution in [2.45, 2.75) is 0 Å². The Balaban J connectivity index is 2.29. The van der Waals surface area contributed by atoms with E-state index in [9.17, 15) is 0 Å². The number of hydrogen-bond acceptors (Lipinski definition) is 4. The Hall–Kier alpha value is -1.20. The zero-order valence-corrected chi connectivity index (χ0v) is 9.88. The summed E-state index contributed by atoms with van der Waals surface area (Å²) in [6.07, 6.45) is 1.76. The van der Waals surface area contributed by atoms with Gasteiger partial charge in [0.1, 0.15) is 10.7 Å². The number of fused-ring (bicyclic) bond motifs is 1. The molecule has 0 N–H and O–H groups in total. The summed E-state index contributed by atoms with van der Waals surface area (Å²) in [5.41, 5.74) is 1.59. The van der Waals surface area contributed by atoms with Crippen LogP contribution in [0.25, 0.3) is 21.7 Å². The quantitative estimate of drug-likeness (QED) is 0.682. The predicted octanol–water partition coefficient (Wildman–Crippen LogP) is 3.71. The standard InChI is InChI=1S/C10H5BrN2OS/c11-6-1-2-7-8(5-6)14-13-9(7)10-12-3-4-15-10/h1-5H. The molecule has 0 fully saturated rings. The highest BCUT2D eigenvalue weighted by atomic mass is 79.9. The largest absolute Gasteiger partial charge is 0.356 e. The van der Waals surface area contributed by atoms with Crippen molar-refractivity contribution in [2.75, 3.05) is 0 Å². The molecule has 0 aliphatic carbocycles. The monoisotopic (exact) mass is 280 g/mol. The van der Waals surface area contributed by atoms with E-state index in [2.05, 4.69) is 26.1 Å². The molecule has 0 saturated heterocycles. The number of thiazole rings is 1. The van der Waals surface area contributed by atoms with Crippen LogP contribution in [0, 0.1) is 0 Å². The van der Waals surface area contributed by atoms with Gasteiger partial charge in [0.05, 0.1) is 5.39 Å². The van der Waals surface area contributed by atoms with Gasteiger partial charge in [-0.2, -0.15) is 0 Å². The second-order valence-corrected chi connectivity index (χ2v) is 4.82. The van der Waals surface area contributed by atoms with Gasteiger partial charge in [0, 0.05) is 16.0 Å². The van der Waals surface area contributed by atoms with Gasteiger partial charge in [-0.25, -0.2) is 4.98 Å². The van der Waals surface area contributed by atoms with Gasteiger partial charge in [0.15, 0.2) is 5.58 Å². The maximum absolute atomic E-state index is 5.24. The van der Waals surface area contributed by atoms with Gasteiger partial charge < -0.3 is 4.52 Å². The average molecular weight is 281 g/mol. The molecule has 2 aromatic heterocycles. The second-order valence-electron chi connectivity index (χ2n) is 3.01. The first-order valence-electron chi connectivity index (χ1n) is 4.29. The van der Waals surface area contributed by atoms with E-state index in [0.717, 1.165) is 26.1 Å². The Morgan fingerprint density at radius 2 is 2.27 bits per heavy atom. The van der Waals surface area contributed by atoms with Crippen LogP contribution in [0.2, 0.25) is 0 Å². The molecule has 0 amide bonds. The van der Waals surface area contributed by atoms with Crippen LogP contribution in [0.5, 0.6) is 0 Å². The van der Waals surface area contributed by atoms with Crippen LogP contribution in [-0.4, -0.2) is 10.1 Å². The molecule has 1 aromatic carbocycles. The lowest BCUT2D eigenvalue weighted by molar-refractivity contribution is 0.459. The molecule has 0 bridgehead atoms. The van der Waals surface area contributed by atoms with E-state index in [1.807, 2.05) is 23.6 Å². The SMILES string of the molecule is Brc1ccc2c(-c3nccs3)noc2c1. The Morgan fingerprint density at radius 1 is 1.33 bits per heavy atom. The van der Waals surface area contributed by atoms with E-state index in [1.54, 1.807) is 17.5 Å². The first-order chi connectivity index (χ1) is 7.34. The summed E-state index contributed by atoms with van der Waals surface area (Å²) in [6.45, 7) is 0. The summed E-state index contributed by atoms with van der Waals surface area (Å²) in [7, 11) is 0. The predicted molar refractivity (Wildman–Crippen MR) is 62.8 cm³/mol. The van der Waals surface area contributed by atoms with Crippen LogP contribution in [0.1, 0.15) is 0 Å². The molecular weight excluding hydrogens is 276 g/mol. The maximum atomic E-state index is 5.24. The third kappa shape index (κ3) is 1.48. The van der Waals surface area contributed by atoms with Crippen LogP contribution >= 0.6 is 27.3 Å². The molecule has 3 nitrogen and oxygen atoms in total. The van der Waals surface area contributed by atoms with Crippen molar-refractivity contribution in [3.8, 4) is 10.7 Å². The van der Waals surface area contributed by atoms with Crippen molar-refractivity contribution in [3.05, 3.63) is 34.2 Å². The third-order valence-corrected chi connectivity index (χ3v) is 3.34. The van der Waals surface area contributed by atoms with E-state index in [4.69, 9.17) is 4.52 Å². The summed E-state index contributed by atoms with van der Waals surface area (Å²) in [4.78, 5) is 4.22. The molecule has 0 unspecified atom stereocenters. The Kier molecular flexibility index (Phi) is 2.07. The minimum Gasteiger partial charge on any atom is -0.356 e. The van der Waals surface area contributed by atoms with Crippen molar-refractivity contribution in [2.24, 2.45) is 0 Å². The fraction of sp³-hybridized carbons (Fsp3) is 0. The maximum Gasteiger partial charge on any atom is 0.168 e. The molecule has 3 aromatic rings. The molecule has 0 radical (unpaired) electrons. The van der Waals surface area contributed by atoms with Gasteiger partial charge >= 0.3 is 0 Å². The molecule has 74 valence electrons. The summed E-state index contributed by atoms with van der Waals surface area (Å²) in [6, 6.07) is 5.85. The summed E-state index contributed by atoms with van der Waals surface area (Å²) < 4.78 is 6.22. The number of aromatic nitrogens is 2. The highest BCUT2D eigenvalue weighted by Crippen LogP contribution is 2.30. The fourth-order valence-corrected chi connectivity index (χ4v) is 2.38. The Labute approximate surface area is 97.9 Å². The van der Waals surface area contributed by atoms with Crippen LogP contribution in [-0.2, 0) is 0 Å². The summed E-state index contributed by atoms with van der Waals surface area (Å²) >= 11 is 4.94. The first kappa shape index (κ1) is 9.06. The van der Waals surface area contributed by atoms with Gasteiger partial charge in [0.25, 0.3) is 0 Å². The molecule has 2 heterocycles. The van der Waals surface area contributed by atoms with Gasteiger partial charge in [-0.15, -0.1) is 11.3 Å². The van der Waals surface area contributed by atoms with E-state index in [1.165, 1.54) is 0 Å². The number of benzene rings is 1. The molecule has 0 spiro atoms. The van der Waals surface area contributed by atoms with Crippen molar-refractivity contribution in [3.63, 3.8) is 0 Å². The van der Waals surface area contributed by atoms with Gasteiger partial charge in [-0.1, -0.05) is 21.1 Å². The zero-order valence-electron chi connectivity index (χ0n) is 7.48. The Morgan fingerprint density at radius 3 is 3.07 bits per heavy atom. The normalized spacial score (nSPS) is 11.0. The number of hydrogen-bond donors (Lipinski definition) is 0. The van der Waals surface area contributed by atoms with E-state index in [0.29, 0.717) is 0 Å². The molecule has 15 heavy (non-hydrogen) atoms. The van der Waals surface area contributed by atoms with Gasteiger partial charge in [-0.05, 0) is 18.2 Å². The zero-order chi connectivity index (χ0) is 10.3. The van der Waals surface area contributed by atoms with E-state index in [-0.39, 0.29) is 0 Å². The van der Waals surface area contributed by atoms with Crippen LogP contribution in [0.4, 0.5) is 0 Å². The summed E-state index contributed by atoms with van der Waals surface area (Å²) in [5.74, 6) is 0. The molecule has 0 saturated carbocycles. The second kappa shape index (κ2) is 3.43. The van der Waals surface area contributed by atoms with Gasteiger partial charge in [-0.3, -0.25) is 0 Å². The molecule has 0 aliphatic heterocycles. The minimum atomic E-state index is 0.773. The molecular formula is C10H5BrN2OS. The smallest absolute Gasteiger partial charge is 0.168 e. The number of rotatable bonds is 1. The molecule has 0 atom stereocenters. The first-order valence-corrected chi connectivity index (χ1v) is 5.96. The van der Waals surface area contributed by atoms with E-state index < -0.39 is 0 Å². The average Bonchev–Trinajstić information content (AvgIpc) is 2.82. The lowest BCUT2D eigenvalue weighted by Crippen LogP contribution is -1.74. The minimum absolute atomic E-state index is 0.773. The van der Waals surface area contributed by atoms with Crippen molar-refractivity contribution in [1.82, 2.24) is 10.1 Å². The van der Waals surface area contributed by atoms with Crippen molar-refractivity contribution < 1.29 is 4.52 Å². The fourth-order valence-electron chi connectivity index (χ4n) is 1.41. The lowest BCUT2D eigenvalue weighted by Gasteiger charge is -1.90. The topological polar surface area (TPSA) is 38.9 Å². The van der Waals surface area contributed by atoms with Crippen LogP contribution in [0.15, 0.2) is 38.8 Å². The lowest BCUT2D eigenvalue weighted by atomic mass is 10.2. The number of nitrogens with zero attached hydrogens (tertiary/aromatic N) is 2. The Bertz CT molecular complexity index is 603. The van der Waals surface area contributed by atoms with E-state index >= 15 is 0 Å². The van der Waals surface area contributed by atoms with Gasteiger partial charge in [0.2, 0.25) is 0 Å². The third-order valence-electron chi connectivity index (χ3n) is 2.07. The van der Waals surface area contributed by atoms with Crippen molar-refractivity contribution in [1.29, 1.82) is 0 Å². The number of halogens is 1. The highest BCUT2D eigenvalue weighted by Gasteiger charge is 2.12. The van der Waals surface area contributed by atoms with Crippen LogP contribution in [0.3, 0.4) is 0 Å². The summed E-state index contributed by atoms with van der Waals surface area (Å²) in [5, 5.41) is 7.84. The van der Waals surface area contributed by atoms with Crippen LogP contribution < -0.4 is 0 Å². The molecule has 5 heteroatoms. The molecule has 0 aliphatic rings. The highest BCUT2D eigenvalue weighted by molar-refractivity contribution is 9.10. The van der Waals surface area contributed by atoms with Crippen molar-refractivity contribution >= 4 is 38.2 Å². The molecule has 3 rings (SSSR count).